The van der Waals surface area contributed by atoms with E-state index in [1.165, 1.54) is 19.3 Å². The Balaban J connectivity index is 4.08. The second-order valence-corrected chi connectivity index (χ2v) is 5.11. The fourth-order valence-electron chi connectivity index (χ4n) is 2.34. The molecule has 0 spiro atoms. The van der Waals surface area contributed by atoms with Crippen LogP contribution in [-0.4, -0.2) is 13.1 Å². The van der Waals surface area contributed by atoms with Gasteiger partial charge in [0.25, 0.3) is 0 Å². The number of hydrogen-bond donors (Lipinski definition) is 1. The van der Waals surface area contributed by atoms with Crippen molar-refractivity contribution in [3.05, 3.63) is 0 Å². The van der Waals surface area contributed by atoms with E-state index in [0.29, 0.717) is 6.04 Å². The van der Waals surface area contributed by atoms with Crippen LogP contribution >= 0.6 is 0 Å². The van der Waals surface area contributed by atoms with Crippen LogP contribution in [0, 0.1) is 17.8 Å². The van der Waals surface area contributed by atoms with E-state index in [-0.39, 0.29) is 0 Å². The molecule has 0 radical (unpaired) electrons. The summed E-state index contributed by atoms with van der Waals surface area (Å²) in [6.45, 7) is 11.7. The van der Waals surface area contributed by atoms with Gasteiger partial charge in [-0.25, -0.2) is 0 Å². The lowest BCUT2D eigenvalue weighted by Crippen LogP contribution is -2.34. The Kier molecular flexibility index (Phi) is 7.26. The summed E-state index contributed by atoms with van der Waals surface area (Å²) in [4.78, 5) is 0. The Labute approximate surface area is 90.7 Å². The van der Waals surface area contributed by atoms with E-state index in [0.717, 1.165) is 17.8 Å². The zero-order valence-electron chi connectivity index (χ0n) is 10.9. The van der Waals surface area contributed by atoms with Crippen molar-refractivity contribution in [2.24, 2.45) is 17.8 Å². The molecule has 0 rings (SSSR count). The van der Waals surface area contributed by atoms with Gasteiger partial charge in [0.1, 0.15) is 0 Å². The van der Waals surface area contributed by atoms with Crippen molar-refractivity contribution in [3.63, 3.8) is 0 Å². The lowest BCUT2D eigenvalue weighted by atomic mass is 9.81. The van der Waals surface area contributed by atoms with Crippen molar-refractivity contribution in [1.29, 1.82) is 0 Å². The molecule has 0 amide bonds. The van der Waals surface area contributed by atoms with Gasteiger partial charge in [-0.3, -0.25) is 0 Å². The molecule has 0 aliphatic rings. The first-order chi connectivity index (χ1) is 6.52. The van der Waals surface area contributed by atoms with Gasteiger partial charge in [-0.05, 0) is 38.1 Å². The van der Waals surface area contributed by atoms with Gasteiger partial charge >= 0.3 is 0 Å². The maximum Gasteiger partial charge on any atom is 0.00665 e. The minimum Gasteiger partial charge on any atom is -0.317 e. The van der Waals surface area contributed by atoms with Crippen molar-refractivity contribution in [2.45, 2.75) is 59.9 Å². The highest BCUT2D eigenvalue weighted by Crippen LogP contribution is 2.25. The molecule has 0 bridgehead atoms. The first-order valence-electron chi connectivity index (χ1n) is 6.20. The van der Waals surface area contributed by atoms with E-state index >= 15 is 0 Å². The second-order valence-electron chi connectivity index (χ2n) is 5.11. The molecule has 0 aliphatic heterocycles. The smallest absolute Gasteiger partial charge is 0.00665 e. The van der Waals surface area contributed by atoms with Crippen LogP contribution < -0.4 is 5.32 Å². The van der Waals surface area contributed by atoms with Gasteiger partial charge in [-0.15, -0.1) is 0 Å². The molecule has 0 aromatic heterocycles. The fraction of sp³-hybridized carbons (Fsp3) is 1.00. The normalized spacial score (nSPS) is 18.2. The molecule has 1 heteroatoms. The highest BCUT2D eigenvalue weighted by atomic mass is 14.9. The lowest BCUT2D eigenvalue weighted by Gasteiger charge is -2.29. The minimum atomic E-state index is 0.648. The number of nitrogens with one attached hydrogen (secondary N) is 1. The predicted molar refractivity (Wildman–Crippen MR) is 65.5 cm³/mol. The molecule has 14 heavy (non-hydrogen) atoms. The minimum absolute atomic E-state index is 0.648. The summed E-state index contributed by atoms with van der Waals surface area (Å²) in [5.74, 6) is 2.49. The van der Waals surface area contributed by atoms with Crippen LogP contribution in [0.25, 0.3) is 0 Å². The summed E-state index contributed by atoms with van der Waals surface area (Å²) in [5.41, 5.74) is 0. The van der Waals surface area contributed by atoms with Crippen LogP contribution in [-0.2, 0) is 0 Å². The Morgan fingerprint density at radius 2 is 1.64 bits per heavy atom. The van der Waals surface area contributed by atoms with Crippen LogP contribution in [0.1, 0.15) is 53.9 Å². The summed E-state index contributed by atoms with van der Waals surface area (Å²) in [6, 6.07) is 0.648. The van der Waals surface area contributed by atoms with Gasteiger partial charge < -0.3 is 5.32 Å². The molecule has 0 aromatic rings. The van der Waals surface area contributed by atoms with E-state index in [1.807, 2.05) is 0 Å². The van der Waals surface area contributed by atoms with Crippen molar-refractivity contribution in [1.82, 2.24) is 5.32 Å². The summed E-state index contributed by atoms with van der Waals surface area (Å²) < 4.78 is 0. The molecule has 0 aromatic carbocycles. The summed E-state index contributed by atoms with van der Waals surface area (Å²) >= 11 is 0. The van der Waals surface area contributed by atoms with Crippen molar-refractivity contribution in [3.8, 4) is 0 Å². The maximum absolute atomic E-state index is 3.39. The summed E-state index contributed by atoms with van der Waals surface area (Å²) in [5, 5.41) is 3.39. The van der Waals surface area contributed by atoms with Gasteiger partial charge in [-0.1, -0.05) is 40.5 Å². The fourth-order valence-corrected chi connectivity index (χ4v) is 2.34. The van der Waals surface area contributed by atoms with Gasteiger partial charge in [0.05, 0.1) is 0 Å². The van der Waals surface area contributed by atoms with Crippen molar-refractivity contribution in [2.75, 3.05) is 7.05 Å². The molecule has 0 fully saturated rings. The number of hydrogen-bond acceptors (Lipinski definition) is 1. The van der Waals surface area contributed by atoms with Gasteiger partial charge in [0, 0.05) is 6.04 Å². The zero-order valence-corrected chi connectivity index (χ0v) is 10.9. The third-order valence-electron chi connectivity index (χ3n) is 3.41. The molecule has 3 atom stereocenters. The third-order valence-corrected chi connectivity index (χ3v) is 3.41. The van der Waals surface area contributed by atoms with E-state index in [4.69, 9.17) is 0 Å². The van der Waals surface area contributed by atoms with E-state index < -0.39 is 0 Å². The lowest BCUT2D eigenvalue weighted by molar-refractivity contribution is 0.242. The average molecular weight is 199 g/mol. The highest BCUT2D eigenvalue weighted by Gasteiger charge is 2.21. The Morgan fingerprint density at radius 1 is 1.07 bits per heavy atom. The zero-order chi connectivity index (χ0) is 11.1. The summed E-state index contributed by atoms with van der Waals surface area (Å²) in [6.07, 6.45) is 4.06. The number of rotatable bonds is 7. The van der Waals surface area contributed by atoms with E-state index in [9.17, 15) is 0 Å². The van der Waals surface area contributed by atoms with Crippen LogP contribution in [0.3, 0.4) is 0 Å². The molecular weight excluding hydrogens is 170 g/mol. The molecule has 0 heterocycles. The highest BCUT2D eigenvalue weighted by molar-refractivity contribution is 4.75. The molecule has 0 saturated heterocycles. The monoisotopic (exact) mass is 199 g/mol. The topological polar surface area (TPSA) is 12.0 Å². The third kappa shape index (κ3) is 4.99. The average Bonchev–Trinajstić information content (AvgIpc) is 2.13. The van der Waals surface area contributed by atoms with Gasteiger partial charge in [0.2, 0.25) is 0 Å². The Bertz CT molecular complexity index is 131. The molecule has 1 N–H and O–H groups in total. The molecule has 0 saturated carbocycles. The molecule has 86 valence electrons. The van der Waals surface area contributed by atoms with Crippen LogP contribution in [0.4, 0.5) is 0 Å². The second kappa shape index (κ2) is 7.28. The Morgan fingerprint density at radius 3 is 2.00 bits per heavy atom. The Hall–Kier alpha value is -0.0400. The first-order valence-corrected chi connectivity index (χ1v) is 6.20. The summed E-state index contributed by atoms with van der Waals surface area (Å²) in [7, 11) is 2.07. The van der Waals surface area contributed by atoms with E-state index in [1.54, 1.807) is 0 Å². The molecule has 3 unspecified atom stereocenters. The van der Waals surface area contributed by atoms with Gasteiger partial charge in [0.15, 0.2) is 0 Å². The first kappa shape index (κ1) is 14.0. The maximum atomic E-state index is 3.39. The molecular formula is C13H29N. The SMILES string of the molecule is CCCC(C)CC(C(C)C)C(C)NC. The van der Waals surface area contributed by atoms with Crippen LogP contribution in [0.5, 0.6) is 0 Å². The standard InChI is InChI=1S/C13H29N/c1-7-8-11(4)9-13(10(2)3)12(5)14-6/h10-14H,7-9H2,1-6H3. The van der Waals surface area contributed by atoms with Crippen molar-refractivity contribution >= 4 is 0 Å². The van der Waals surface area contributed by atoms with Crippen molar-refractivity contribution < 1.29 is 0 Å². The van der Waals surface area contributed by atoms with E-state index in [2.05, 4.69) is 47.0 Å². The molecule has 1 nitrogen and oxygen atoms in total. The molecule has 0 aliphatic carbocycles. The van der Waals surface area contributed by atoms with Crippen LogP contribution in [0.2, 0.25) is 0 Å². The van der Waals surface area contributed by atoms with Gasteiger partial charge in [-0.2, -0.15) is 0 Å². The predicted octanol–water partition coefficient (Wildman–Crippen LogP) is 3.69. The largest absolute Gasteiger partial charge is 0.317 e. The quantitative estimate of drug-likeness (QED) is 0.659. The van der Waals surface area contributed by atoms with Crippen LogP contribution in [0.15, 0.2) is 0 Å².